The molecule has 3 aromatic rings. The van der Waals surface area contributed by atoms with Crippen LogP contribution >= 0.6 is 0 Å². The standard InChI is InChI=1S/C19H20N4O2/c24-19(14-3-4-15-13(9-14)5-6-20-15)23-10-16-17(11-23)25-18(21-16)12-22-7-1-2-8-22/h3-6,9,20H,1-2,7-8,10-12H2. The van der Waals surface area contributed by atoms with Crippen LogP contribution in [0.5, 0.6) is 0 Å². The SMILES string of the molecule is O=C(c1ccc2[nH]ccc2c1)N1Cc2nc(CN3CCCC3)oc2C1. The van der Waals surface area contributed by atoms with Gasteiger partial charge in [-0.15, -0.1) is 0 Å². The van der Waals surface area contributed by atoms with Gasteiger partial charge in [-0.2, -0.15) is 0 Å². The summed E-state index contributed by atoms with van der Waals surface area (Å²) in [6, 6.07) is 7.73. The molecule has 0 atom stereocenters. The van der Waals surface area contributed by atoms with Gasteiger partial charge in [0, 0.05) is 22.7 Å². The van der Waals surface area contributed by atoms with E-state index in [1.54, 1.807) is 4.90 Å². The summed E-state index contributed by atoms with van der Waals surface area (Å²) in [5.74, 6) is 1.65. The van der Waals surface area contributed by atoms with Crippen LogP contribution in [0.4, 0.5) is 0 Å². The Kier molecular flexibility index (Phi) is 3.38. The number of aromatic amines is 1. The maximum atomic E-state index is 12.8. The Hall–Kier alpha value is -2.60. The van der Waals surface area contributed by atoms with Crippen LogP contribution in [0.1, 0.15) is 40.5 Å². The van der Waals surface area contributed by atoms with Crippen LogP contribution in [0.25, 0.3) is 10.9 Å². The Morgan fingerprint density at radius 1 is 1.20 bits per heavy atom. The largest absolute Gasteiger partial charge is 0.442 e. The molecule has 0 spiro atoms. The molecule has 4 heterocycles. The molecule has 1 amide bonds. The van der Waals surface area contributed by atoms with Gasteiger partial charge >= 0.3 is 0 Å². The molecule has 0 bridgehead atoms. The molecular weight excluding hydrogens is 316 g/mol. The quantitative estimate of drug-likeness (QED) is 0.799. The number of fused-ring (bicyclic) bond motifs is 2. The normalized spacial score (nSPS) is 17.5. The number of carbonyl (C=O) groups excluding carboxylic acids is 1. The van der Waals surface area contributed by atoms with Crippen molar-refractivity contribution in [1.29, 1.82) is 0 Å². The summed E-state index contributed by atoms with van der Waals surface area (Å²) >= 11 is 0. The molecule has 0 radical (unpaired) electrons. The molecule has 6 heteroatoms. The summed E-state index contributed by atoms with van der Waals surface area (Å²) in [5, 5.41) is 1.05. The summed E-state index contributed by atoms with van der Waals surface area (Å²) in [6.45, 7) is 4.07. The molecule has 1 fully saturated rings. The molecule has 2 aliphatic rings. The predicted molar refractivity (Wildman–Crippen MR) is 92.9 cm³/mol. The first-order chi connectivity index (χ1) is 12.3. The fourth-order valence-electron chi connectivity index (χ4n) is 3.81. The van der Waals surface area contributed by atoms with Gasteiger partial charge in [-0.3, -0.25) is 9.69 Å². The number of aromatic nitrogens is 2. The Balaban J connectivity index is 1.30. The van der Waals surface area contributed by atoms with Crippen molar-refractivity contribution in [1.82, 2.24) is 19.8 Å². The monoisotopic (exact) mass is 336 g/mol. The van der Waals surface area contributed by atoms with Gasteiger partial charge in [0.15, 0.2) is 0 Å². The van der Waals surface area contributed by atoms with Crippen molar-refractivity contribution in [3.63, 3.8) is 0 Å². The van der Waals surface area contributed by atoms with Crippen LogP contribution in [0.15, 0.2) is 34.9 Å². The summed E-state index contributed by atoms with van der Waals surface area (Å²) in [5.41, 5.74) is 2.65. The summed E-state index contributed by atoms with van der Waals surface area (Å²) in [6.07, 6.45) is 4.40. The van der Waals surface area contributed by atoms with Crippen LogP contribution < -0.4 is 0 Å². The van der Waals surface area contributed by atoms with E-state index in [0.717, 1.165) is 47.9 Å². The maximum absolute atomic E-state index is 12.8. The molecule has 128 valence electrons. The maximum Gasteiger partial charge on any atom is 0.254 e. The molecule has 1 saturated heterocycles. The lowest BCUT2D eigenvalue weighted by molar-refractivity contribution is 0.0741. The van der Waals surface area contributed by atoms with Gasteiger partial charge in [0.2, 0.25) is 5.89 Å². The third-order valence-corrected chi connectivity index (χ3v) is 5.14. The minimum Gasteiger partial charge on any atom is -0.442 e. The zero-order valence-corrected chi connectivity index (χ0v) is 14.0. The summed E-state index contributed by atoms with van der Waals surface area (Å²) < 4.78 is 5.91. The highest BCUT2D eigenvalue weighted by molar-refractivity contribution is 5.98. The zero-order valence-electron chi connectivity index (χ0n) is 14.0. The second-order valence-corrected chi connectivity index (χ2v) is 6.90. The zero-order chi connectivity index (χ0) is 16.8. The highest BCUT2D eigenvalue weighted by Gasteiger charge is 2.30. The fourth-order valence-corrected chi connectivity index (χ4v) is 3.81. The molecule has 5 rings (SSSR count). The van der Waals surface area contributed by atoms with Gasteiger partial charge in [0.1, 0.15) is 11.5 Å². The Bertz CT molecular complexity index is 912. The van der Waals surface area contributed by atoms with Crippen molar-refractivity contribution in [2.24, 2.45) is 0 Å². The first-order valence-corrected chi connectivity index (χ1v) is 8.82. The van der Waals surface area contributed by atoms with Crippen LogP contribution in [-0.2, 0) is 19.6 Å². The number of carbonyl (C=O) groups is 1. The van der Waals surface area contributed by atoms with Crippen LogP contribution in [0.3, 0.4) is 0 Å². The molecule has 0 aliphatic carbocycles. The number of rotatable bonds is 3. The van der Waals surface area contributed by atoms with Gasteiger partial charge in [-0.05, 0) is 50.2 Å². The molecular formula is C19H20N4O2. The second kappa shape index (κ2) is 5.74. The van der Waals surface area contributed by atoms with E-state index < -0.39 is 0 Å². The lowest BCUT2D eigenvalue weighted by Crippen LogP contribution is -2.25. The predicted octanol–water partition coefficient (Wildman–Crippen LogP) is 2.91. The van der Waals surface area contributed by atoms with Crippen molar-refractivity contribution >= 4 is 16.8 Å². The number of nitrogens with one attached hydrogen (secondary N) is 1. The van der Waals surface area contributed by atoms with Crippen molar-refractivity contribution in [2.75, 3.05) is 13.1 Å². The number of amides is 1. The van der Waals surface area contributed by atoms with Crippen LogP contribution in [0, 0.1) is 0 Å². The number of hydrogen-bond donors (Lipinski definition) is 1. The van der Waals surface area contributed by atoms with Gasteiger partial charge in [0.05, 0.1) is 19.6 Å². The smallest absolute Gasteiger partial charge is 0.254 e. The summed E-state index contributed by atoms with van der Waals surface area (Å²) in [4.78, 5) is 24.7. The van der Waals surface area contributed by atoms with E-state index in [1.807, 2.05) is 30.5 Å². The molecule has 2 aliphatic heterocycles. The lowest BCUT2D eigenvalue weighted by Gasteiger charge is -2.15. The third-order valence-electron chi connectivity index (χ3n) is 5.14. The first-order valence-electron chi connectivity index (χ1n) is 8.82. The van der Waals surface area contributed by atoms with E-state index in [4.69, 9.17) is 4.42 Å². The number of benzene rings is 1. The van der Waals surface area contributed by atoms with E-state index in [1.165, 1.54) is 12.8 Å². The molecule has 2 aromatic heterocycles. The number of H-pyrrole nitrogens is 1. The van der Waals surface area contributed by atoms with E-state index in [0.29, 0.717) is 18.7 Å². The minimum absolute atomic E-state index is 0.0254. The topological polar surface area (TPSA) is 65.4 Å². The summed E-state index contributed by atoms with van der Waals surface area (Å²) in [7, 11) is 0. The van der Waals surface area contributed by atoms with Gasteiger partial charge in [-0.1, -0.05) is 0 Å². The van der Waals surface area contributed by atoms with E-state index in [2.05, 4.69) is 14.9 Å². The first kappa shape index (κ1) is 14.7. The van der Waals surface area contributed by atoms with Crippen molar-refractivity contribution < 1.29 is 9.21 Å². The van der Waals surface area contributed by atoms with E-state index in [9.17, 15) is 4.79 Å². The van der Waals surface area contributed by atoms with Crippen molar-refractivity contribution in [2.45, 2.75) is 32.5 Å². The number of nitrogens with zero attached hydrogens (tertiary/aromatic N) is 3. The Morgan fingerprint density at radius 3 is 2.92 bits per heavy atom. The average Bonchev–Trinajstić information content (AvgIpc) is 3.37. The number of oxazole rings is 1. The Morgan fingerprint density at radius 2 is 2.08 bits per heavy atom. The lowest BCUT2D eigenvalue weighted by atomic mass is 10.1. The highest BCUT2D eigenvalue weighted by atomic mass is 16.4. The van der Waals surface area contributed by atoms with Crippen molar-refractivity contribution in [3.8, 4) is 0 Å². The number of likely N-dealkylation sites (tertiary alicyclic amines) is 1. The van der Waals surface area contributed by atoms with Crippen LogP contribution in [0.2, 0.25) is 0 Å². The minimum atomic E-state index is 0.0254. The van der Waals surface area contributed by atoms with E-state index in [-0.39, 0.29) is 5.91 Å². The molecule has 1 N–H and O–H groups in total. The molecule has 0 unspecified atom stereocenters. The Labute approximate surface area is 145 Å². The van der Waals surface area contributed by atoms with Crippen molar-refractivity contribution in [3.05, 3.63) is 53.4 Å². The van der Waals surface area contributed by atoms with Gasteiger partial charge in [0.25, 0.3) is 5.91 Å². The van der Waals surface area contributed by atoms with Crippen LogP contribution in [-0.4, -0.2) is 38.8 Å². The highest BCUT2D eigenvalue weighted by Crippen LogP contribution is 2.26. The fraction of sp³-hybridized carbons (Fsp3) is 0.368. The number of hydrogen-bond acceptors (Lipinski definition) is 4. The molecule has 6 nitrogen and oxygen atoms in total. The van der Waals surface area contributed by atoms with E-state index >= 15 is 0 Å². The van der Waals surface area contributed by atoms with Gasteiger partial charge < -0.3 is 14.3 Å². The molecule has 1 aromatic carbocycles. The second-order valence-electron chi connectivity index (χ2n) is 6.90. The molecule has 25 heavy (non-hydrogen) atoms. The average molecular weight is 336 g/mol. The third kappa shape index (κ3) is 2.62. The molecule has 0 saturated carbocycles. The van der Waals surface area contributed by atoms with Gasteiger partial charge in [-0.25, -0.2) is 4.98 Å².